The number of thiophene rings is 1. The molecule has 0 saturated carbocycles. The number of benzene rings is 1. The summed E-state index contributed by atoms with van der Waals surface area (Å²) in [6.07, 6.45) is 0. The SMILES string of the molecule is N[C@H](c1ccsc1)c1cccc(F)c1Cl. The van der Waals surface area contributed by atoms with Crippen molar-refractivity contribution in [2.24, 2.45) is 5.73 Å². The van der Waals surface area contributed by atoms with Gasteiger partial charge in [0.05, 0.1) is 11.1 Å². The van der Waals surface area contributed by atoms with Crippen LogP contribution in [0.5, 0.6) is 0 Å². The van der Waals surface area contributed by atoms with Gasteiger partial charge in [0.15, 0.2) is 0 Å². The molecule has 0 amide bonds. The van der Waals surface area contributed by atoms with Gasteiger partial charge in [0.2, 0.25) is 0 Å². The summed E-state index contributed by atoms with van der Waals surface area (Å²) in [6.45, 7) is 0. The Balaban J connectivity index is 2.42. The van der Waals surface area contributed by atoms with Gasteiger partial charge in [-0.05, 0) is 34.0 Å². The van der Waals surface area contributed by atoms with Crippen LogP contribution < -0.4 is 5.73 Å². The minimum absolute atomic E-state index is 0.108. The molecule has 1 atom stereocenters. The van der Waals surface area contributed by atoms with Crippen molar-refractivity contribution in [2.45, 2.75) is 6.04 Å². The Morgan fingerprint density at radius 1 is 1.33 bits per heavy atom. The van der Waals surface area contributed by atoms with E-state index in [9.17, 15) is 4.39 Å². The predicted octanol–water partition coefficient (Wildman–Crippen LogP) is 3.59. The fraction of sp³-hybridized carbons (Fsp3) is 0.0909. The summed E-state index contributed by atoms with van der Waals surface area (Å²) in [7, 11) is 0. The highest BCUT2D eigenvalue weighted by Crippen LogP contribution is 2.29. The lowest BCUT2D eigenvalue weighted by molar-refractivity contribution is 0.624. The first-order valence-electron chi connectivity index (χ1n) is 4.41. The summed E-state index contributed by atoms with van der Waals surface area (Å²) in [5.41, 5.74) is 7.56. The monoisotopic (exact) mass is 241 g/mol. The highest BCUT2D eigenvalue weighted by molar-refractivity contribution is 7.08. The van der Waals surface area contributed by atoms with Crippen LogP contribution in [0.3, 0.4) is 0 Å². The number of nitrogens with two attached hydrogens (primary N) is 1. The first-order chi connectivity index (χ1) is 7.20. The van der Waals surface area contributed by atoms with Crippen molar-refractivity contribution < 1.29 is 4.39 Å². The largest absolute Gasteiger partial charge is 0.320 e. The summed E-state index contributed by atoms with van der Waals surface area (Å²) in [5.74, 6) is -0.431. The van der Waals surface area contributed by atoms with Gasteiger partial charge in [-0.2, -0.15) is 11.3 Å². The standard InChI is InChI=1S/C11H9ClFNS/c12-10-8(2-1-3-9(10)13)11(14)7-4-5-15-6-7/h1-6,11H,14H2/t11-/m1/s1. The third-order valence-electron chi connectivity index (χ3n) is 2.22. The normalized spacial score (nSPS) is 12.7. The molecule has 0 spiro atoms. The molecule has 0 bridgehead atoms. The Hall–Kier alpha value is -0.900. The van der Waals surface area contributed by atoms with Gasteiger partial charge in [0.1, 0.15) is 5.82 Å². The van der Waals surface area contributed by atoms with Gasteiger partial charge in [-0.15, -0.1) is 0 Å². The van der Waals surface area contributed by atoms with E-state index in [1.807, 2.05) is 16.8 Å². The van der Waals surface area contributed by atoms with Crippen LogP contribution in [0, 0.1) is 5.82 Å². The van der Waals surface area contributed by atoms with Crippen LogP contribution in [-0.2, 0) is 0 Å². The second kappa shape index (κ2) is 4.31. The molecule has 0 unspecified atom stereocenters. The Morgan fingerprint density at radius 3 is 2.80 bits per heavy atom. The minimum Gasteiger partial charge on any atom is -0.320 e. The van der Waals surface area contributed by atoms with E-state index in [2.05, 4.69) is 0 Å². The van der Waals surface area contributed by atoms with E-state index in [4.69, 9.17) is 17.3 Å². The third-order valence-corrected chi connectivity index (χ3v) is 3.32. The maximum atomic E-state index is 13.2. The van der Waals surface area contributed by atoms with Crippen molar-refractivity contribution in [1.29, 1.82) is 0 Å². The van der Waals surface area contributed by atoms with Gasteiger partial charge in [0.25, 0.3) is 0 Å². The van der Waals surface area contributed by atoms with E-state index in [1.54, 1.807) is 23.5 Å². The molecule has 1 aromatic carbocycles. The number of halogens is 2. The highest BCUT2D eigenvalue weighted by atomic mass is 35.5. The van der Waals surface area contributed by atoms with Crippen LogP contribution in [-0.4, -0.2) is 0 Å². The van der Waals surface area contributed by atoms with Crippen LogP contribution >= 0.6 is 22.9 Å². The topological polar surface area (TPSA) is 26.0 Å². The molecular formula is C11H9ClFNS. The molecule has 4 heteroatoms. The molecule has 0 aliphatic carbocycles. The molecule has 0 aliphatic rings. The Kier molecular flexibility index (Phi) is 3.05. The molecule has 2 aromatic rings. The van der Waals surface area contributed by atoms with Crippen molar-refractivity contribution >= 4 is 22.9 Å². The molecule has 1 nitrogen and oxygen atoms in total. The molecule has 0 aliphatic heterocycles. The van der Waals surface area contributed by atoms with Gasteiger partial charge in [-0.1, -0.05) is 23.7 Å². The van der Waals surface area contributed by atoms with Gasteiger partial charge >= 0.3 is 0 Å². The Labute approximate surface area is 96.3 Å². The van der Waals surface area contributed by atoms with E-state index in [-0.39, 0.29) is 11.1 Å². The molecule has 0 saturated heterocycles. The first-order valence-corrected chi connectivity index (χ1v) is 5.74. The Morgan fingerprint density at radius 2 is 2.13 bits per heavy atom. The Bertz CT molecular complexity index is 456. The zero-order valence-corrected chi connectivity index (χ0v) is 9.36. The lowest BCUT2D eigenvalue weighted by atomic mass is 10.0. The second-order valence-electron chi connectivity index (χ2n) is 3.18. The van der Waals surface area contributed by atoms with Gasteiger partial charge < -0.3 is 5.73 Å². The number of hydrogen-bond acceptors (Lipinski definition) is 2. The fourth-order valence-electron chi connectivity index (χ4n) is 1.39. The van der Waals surface area contributed by atoms with Crippen LogP contribution in [0.15, 0.2) is 35.0 Å². The summed E-state index contributed by atoms with van der Waals surface area (Å²) < 4.78 is 13.2. The van der Waals surface area contributed by atoms with E-state index < -0.39 is 5.82 Å². The zero-order chi connectivity index (χ0) is 10.8. The number of rotatable bonds is 2. The summed E-state index contributed by atoms with van der Waals surface area (Å²) >= 11 is 7.41. The highest BCUT2D eigenvalue weighted by Gasteiger charge is 2.14. The average Bonchev–Trinajstić information content (AvgIpc) is 2.74. The fourth-order valence-corrected chi connectivity index (χ4v) is 2.33. The molecule has 0 radical (unpaired) electrons. The molecule has 2 N–H and O–H groups in total. The molecule has 1 aromatic heterocycles. The quantitative estimate of drug-likeness (QED) is 0.855. The van der Waals surface area contributed by atoms with Crippen LogP contribution in [0.4, 0.5) is 4.39 Å². The van der Waals surface area contributed by atoms with E-state index in [1.165, 1.54) is 6.07 Å². The molecule has 0 fully saturated rings. The zero-order valence-electron chi connectivity index (χ0n) is 7.78. The van der Waals surface area contributed by atoms with Gasteiger partial charge in [-0.25, -0.2) is 4.39 Å². The van der Waals surface area contributed by atoms with E-state index >= 15 is 0 Å². The van der Waals surface area contributed by atoms with Crippen LogP contribution in [0.2, 0.25) is 5.02 Å². The maximum absolute atomic E-state index is 13.2. The number of hydrogen-bond donors (Lipinski definition) is 1. The average molecular weight is 242 g/mol. The summed E-state index contributed by atoms with van der Waals surface area (Å²) in [4.78, 5) is 0. The van der Waals surface area contributed by atoms with E-state index in [0.29, 0.717) is 5.56 Å². The molecule has 2 rings (SSSR count). The molecular weight excluding hydrogens is 233 g/mol. The van der Waals surface area contributed by atoms with Gasteiger partial charge in [0, 0.05) is 0 Å². The maximum Gasteiger partial charge on any atom is 0.142 e. The smallest absolute Gasteiger partial charge is 0.142 e. The molecule has 1 heterocycles. The van der Waals surface area contributed by atoms with Crippen molar-refractivity contribution in [3.05, 3.63) is 57.0 Å². The third kappa shape index (κ3) is 2.04. The summed E-state index contributed by atoms with van der Waals surface area (Å²) in [6, 6.07) is 6.23. The van der Waals surface area contributed by atoms with E-state index in [0.717, 1.165) is 5.56 Å². The minimum atomic E-state index is -0.431. The van der Waals surface area contributed by atoms with Crippen molar-refractivity contribution in [3.63, 3.8) is 0 Å². The lowest BCUT2D eigenvalue weighted by Crippen LogP contribution is -2.11. The van der Waals surface area contributed by atoms with Crippen molar-refractivity contribution in [1.82, 2.24) is 0 Å². The van der Waals surface area contributed by atoms with Gasteiger partial charge in [-0.3, -0.25) is 0 Å². The van der Waals surface area contributed by atoms with Crippen LogP contribution in [0.25, 0.3) is 0 Å². The van der Waals surface area contributed by atoms with Crippen molar-refractivity contribution in [2.75, 3.05) is 0 Å². The molecule has 78 valence electrons. The summed E-state index contributed by atoms with van der Waals surface area (Å²) in [5, 5.41) is 3.98. The first kappa shape index (κ1) is 10.6. The van der Waals surface area contributed by atoms with Crippen molar-refractivity contribution in [3.8, 4) is 0 Å². The second-order valence-corrected chi connectivity index (χ2v) is 4.34. The predicted molar refractivity (Wildman–Crippen MR) is 61.8 cm³/mol. The van der Waals surface area contributed by atoms with Crippen LogP contribution in [0.1, 0.15) is 17.2 Å². The lowest BCUT2D eigenvalue weighted by Gasteiger charge is -2.12. The molecule has 15 heavy (non-hydrogen) atoms.